The molecule has 6 nitrogen and oxygen atoms in total. The van der Waals surface area contributed by atoms with Crippen LogP contribution >= 0.6 is 0 Å². The summed E-state index contributed by atoms with van der Waals surface area (Å²) < 4.78 is 16.5. The van der Waals surface area contributed by atoms with Crippen LogP contribution in [0.3, 0.4) is 0 Å². The zero-order valence-electron chi connectivity index (χ0n) is 12.9. The molecule has 0 aliphatic carbocycles. The van der Waals surface area contributed by atoms with Crippen LogP contribution in [-0.2, 0) is 11.3 Å². The number of methoxy groups -OCH3 is 1. The average Bonchev–Trinajstić information content (AvgIpc) is 3.13. The Morgan fingerprint density at radius 2 is 2.36 bits per heavy atom. The van der Waals surface area contributed by atoms with Crippen molar-refractivity contribution in [3.05, 3.63) is 42.0 Å². The Bertz CT molecular complexity index is 587. The van der Waals surface area contributed by atoms with Gasteiger partial charge in [-0.3, -0.25) is 9.88 Å². The van der Waals surface area contributed by atoms with Gasteiger partial charge in [0.25, 0.3) is 0 Å². The molecule has 0 unspecified atom stereocenters. The highest BCUT2D eigenvalue weighted by atomic mass is 16.5. The van der Waals surface area contributed by atoms with Crippen molar-refractivity contribution in [3.63, 3.8) is 0 Å². The van der Waals surface area contributed by atoms with Gasteiger partial charge < -0.3 is 14.0 Å². The Morgan fingerprint density at radius 1 is 1.45 bits per heavy atom. The molecule has 0 bridgehead atoms. The van der Waals surface area contributed by atoms with Gasteiger partial charge in [0.05, 0.1) is 18.0 Å². The number of nitrogens with zero attached hydrogens (tertiary/aromatic N) is 3. The number of ether oxygens (including phenoxy) is 2. The first-order chi connectivity index (χ1) is 10.7. The normalized spacial score (nSPS) is 22.1. The molecule has 0 aromatic carbocycles. The summed E-state index contributed by atoms with van der Waals surface area (Å²) in [5, 5.41) is 4.07. The zero-order chi connectivity index (χ0) is 15.4. The van der Waals surface area contributed by atoms with Gasteiger partial charge in [-0.05, 0) is 25.5 Å². The minimum atomic E-state index is 0.232. The molecule has 3 heterocycles. The van der Waals surface area contributed by atoms with Crippen LogP contribution in [0.15, 0.2) is 35.1 Å². The summed E-state index contributed by atoms with van der Waals surface area (Å²) in [6.07, 6.45) is 4.65. The number of hydrogen-bond acceptors (Lipinski definition) is 6. The van der Waals surface area contributed by atoms with Gasteiger partial charge in [-0.25, -0.2) is 0 Å². The van der Waals surface area contributed by atoms with Gasteiger partial charge in [0.1, 0.15) is 18.1 Å². The summed E-state index contributed by atoms with van der Waals surface area (Å²) in [5.74, 6) is 1.63. The van der Waals surface area contributed by atoms with E-state index in [1.165, 1.54) is 0 Å². The summed E-state index contributed by atoms with van der Waals surface area (Å²) >= 11 is 0. The first-order valence-corrected chi connectivity index (χ1v) is 7.46. The van der Waals surface area contributed by atoms with Gasteiger partial charge >= 0.3 is 0 Å². The molecule has 118 valence electrons. The van der Waals surface area contributed by atoms with E-state index < -0.39 is 0 Å². The topological polar surface area (TPSA) is 60.6 Å². The lowest BCUT2D eigenvalue weighted by Crippen LogP contribution is -2.34. The highest BCUT2D eigenvalue weighted by Crippen LogP contribution is 2.23. The molecule has 0 saturated carbocycles. The molecule has 1 fully saturated rings. The highest BCUT2D eigenvalue weighted by molar-refractivity contribution is 5.15. The van der Waals surface area contributed by atoms with E-state index in [-0.39, 0.29) is 6.10 Å². The predicted octanol–water partition coefficient (Wildman–Crippen LogP) is 2.05. The molecule has 3 rings (SSSR count). The zero-order valence-corrected chi connectivity index (χ0v) is 12.9. The summed E-state index contributed by atoms with van der Waals surface area (Å²) in [4.78, 5) is 6.40. The van der Waals surface area contributed by atoms with Crippen molar-refractivity contribution in [2.45, 2.75) is 32.0 Å². The second-order valence-electron chi connectivity index (χ2n) is 5.61. The molecule has 0 amide bonds. The van der Waals surface area contributed by atoms with E-state index in [4.69, 9.17) is 14.0 Å². The Morgan fingerprint density at radius 3 is 3.05 bits per heavy atom. The molecule has 1 aliphatic rings. The van der Waals surface area contributed by atoms with Crippen LogP contribution in [0.2, 0.25) is 0 Å². The third kappa shape index (κ3) is 3.64. The molecule has 0 N–H and O–H groups in total. The van der Waals surface area contributed by atoms with Crippen LogP contribution in [0.4, 0.5) is 0 Å². The van der Waals surface area contributed by atoms with Crippen molar-refractivity contribution >= 4 is 0 Å². The van der Waals surface area contributed by atoms with Gasteiger partial charge in [0.2, 0.25) is 0 Å². The van der Waals surface area contributed by atoms with Gasteiger partial charge in [0.15, 0.2) is 0 Å². The fourth-order valence-electron chi connectivity index (χ4n) is 2.80. The van der Waals surface area contributed by atoms with Gasteiger partial charge in [0, 0.05) is 38.5 Å². The van der Waals surface area contributed by atoms with Crippen LogP contribution in [0.25, 0.3) is 0 Å². The van der Waals surface area contributed by atoms with Crippen molar-refractivity contribution in [2.24, 2.45) is 0 Å². The quantitative estimate of drug-likeness (QED) is 0.814. The third-order valence-electron chi connectivity index (χ3n) is 3.94. The predicted molar refractivity (Wildman–Crippen MR) is 80.6 cm³/mol. The van der Waals surface area contributed by atoms with Crippen LogP contribution in [0.1, 0.15) is 17.9 Å². The Labute approximate surface area is 130 Å². The van der Waals surface area contributed by atoms with E-state index in [2.05, 4.69) is 15.0 Å². The average molecular weight is 303 g/mol. The van der Waals surface area contributed by atoms with Gasteiger partial charge in [-0.2, -0.15) is 0 Å². The van der Waals surface area contributed by atoms with Crippen molar-refractivity contribution in [3.8, 4) is 5.75 Å². The Hall–Kier alpha value is -1.92. The van der Waals surface area contributed by atoms with Gasteiger partial charge in [-0.15, -0.1) is 0 Å². The maximum absolute atomic E-state index is 5.85. The summed E-state index contributed by atoms with van der Waals surface area (Å²) in [7, 11) is 1.76. The van der Waals surface area contributed by atoms with Crippen LogP contribution < -0.4 is 4.74 Å². The Balaban J connectivity index is 1.61. The number of rotatable bonds is 6. The maximum atomic E-state index is 5.85. The molecular weight excluding hydrogens is 282 g/mol. The molecule has 1 aliphatic heterocycles. The second-order valence-corrected chi connectivity index (χ2v) is 5.61. The van der Waals surface area contributed by atoms with Crippen LogP contribution in [0, 0.1) is 6.92 Å². The highest BCUT2D eigenvalue weighted by Gasteiger charge is 2.33. The minimum absolute atomic E-state index is 0.232. The van der Waals surface area contributed by atoms with E-state index >= 15 is 0 Å². The lowest BCUT2D eigenvalue weighted by atomic mass is 10.2. The molecule has 2 aromatic rings. The van der Waals surface area contributed by atoms with Crippen molar-refractivity contribution in [1.82, 2.24) is 15.0 Å². The molecule has 2 aromatic heterocycles. The molecule has 2 atom stereocenters. The van der Waals surface area contributed by atoms with E-state index in [9.17, 15) is 0 Å². The monoisotopic (exact) mass is 303 g/mol. The fraction of sp³-hybridized carbons (Fsp3) is 0.500. The fourth-order valence-corrected chi connectivity index (χ4v) is 2.80. The van der Waals surface area contributed by atoms with Crippen molar-refractivity contribution in [1.29, 1.82) is 0 Å². The minimum Gasteiger partial charge on any atom is -0.490 e. The lowest BCUT2D eigenvalue weighted by molar-refractivity contribution is 0.107. The maximum Gasteiger partial charge on any atom is 0.137 e. The molecular formula is C16H21N3O3. The number of aromatic nitrogens is 2. The van der Waals surface area contributed by atoms with Gasteiger partial charge in [-0.1, -0.05) is 5.16 Å². The van der Waals surface area contributed by atoms with Crippen molar-refractivity contribution < 1.29 is 14.0 Å². The first kappa shape index (κ1) is 15.0. The number of likely N-dealkylation sites (tertiary alicyclic amines) is 1. The van der Waals surface area contributed by atoms with E-state index in [0.717, 1.165) is 36.7 Å². The number of hydrogen-bond donors (Lipinski definition) is 0. The Kier molecular flexibility index (Phi) is 4.70. The first-order valence-electron chi connectivity index (χ1n) is 7.46. The molecule has 0 spiro atoms. The summed E-state index contributed by atoms with van der Waals surface area (Å²) in [6, 6.07) is 6.06. The smallest absolute Gasteiger partial charge is 0.137 e. The second kappa shape index (κ2) is 6.89. The van der Waals surface area contributed by atoms with E-state index in [1.54, 1.807) is 19.5 Å². The standard InChI is InChI=1S/C16H21N3O3/c1-12-6-13(18-22-12)9-19-10-16(20-2)7-14(19)11-21-15-4-3-5-17-8-15/h3-6,8,14,16H,7,9-11H2,1-2H3/t14-,16+/m0/s1. The van der Waals surface area contributed by atoms with Crippen LogP contribution in [0.5, 0.6) is 5.75 Å². The van der Waals surface area contributed by atoms with Crippen LogP contribution in [-0.4, -0.2) is 47.4 Å². The molecule has 6 heteroatoms. The third-order valence-corrected chi connectivity index (χ3v) is 3.94. The summed E-state index contributed by atoms with van der Waals surface area (Å²) in [5.41, 5.74) is 0.945. The van der Waals surface area contributed by atoms with E-state index in [1.807, 2.05) is 25.1 Å². The number of aryl methyl sites for hydroxylation is 1. The van der Waals surface area contributed by atoms with Crippen molar-refractivity contribution in [2.75, 3.05) is 20.3 Å². The molecule has 1 saturated heterocycles. The largest absolute Gasteiger partial charge is 0.490 e. The number of pyridine rings is 1. The SMILES string of the molecule is CO[C@@H]1C[C@@H](COc2cccnc2)N(Cc2cc(C)on2)C1. The molecule has 0 radical (unpaired) electrons. The summed E-state index contributed by atoms with van der Waals surface area (Å²) in [6.45, 7) is 4.14. The van der Waals surface area contributed by atoms with E-state index in [0.29, 0.717) is 12.6 Å². The lowest BCUT2D eigenvalue weighted by Gasteiger charge is -2.23. The molecule has 22 heavy (non-hydrogen) atoms.